The zero-order valence-corrected chi connectivity index (χ0v) is 39.0. The molecule has 0 spiro atoms. The van der Waals surface area contributed by atoms with Crippen molar-refractivity contribution in [2.45, 2.75) is 208 Å². The van der Waals surface area contributed by atoms with Gasteiger partial charge in [-0.2, -0.15) is 0 Å². The predicted molar refractivity (Wildman–Crippen MR) is 236 cm³/mol. The summed E-state index contributed by atoms with van der Waals surface area (Å²) in [5.74, 6) is 5.15. The van der Waals surface area contributed by atoms with Gasteiger partial charge in [-0.3, -0.25) is 9.59 Å². The standard InChI is InChI=1S/2C26H44O4/c2*1-5-17-21-14-16(27)10-12-26(21,4)20-11-13-25(3)18(15(2)6-9-22(28)29)7-8-19(25)23(20)24(17)30/h2*15-21,23-24,27,30H,5-14H2,1-4H3,(H,28,29)/t2*15-,16-,17-,18-,19+,20+,21+,23+,24-,25-,26-/m11/s1. The summed E-state index contributed by atoms with van der Waals surface area (Å²) >= 11 is 0. The Hall–Kier alpha value is -1.22. The highest BCUT2D eigenvalue weighted by molar-refractivity contribution is 5.66. The second-order valence-corrected chi connectivity index (χ2v) is 24.1. The SMILES string of the molecule is CC[C@H]1[C@@H](O)[C@@H]2[C@H](CC[C@]3(C)[C@@H]([C@H](C)CCC(=O)O)CC[C@@H]23)[C@@]2(C)CC[C@@H](O)C[C@@H]12.CC[C@H]1[C@@H](O)[C@@H]2[C@H](CC[C@]3(C)[C@@H]([C@H](C)CCC(=O)O)CC[C@@H]23)[C@@]2(C)CC[C@@H](O)C[C@@H]12. The van der Waals surface area contributed by atoms with E-state index in [1.807, 2.05) is 0 Å². The molecule has 0 aliphatic heterocycles. The minimum atomic E-state index is -0.683. The first-order valence-electron chi connectivity index (χ1n) is 25.4. The molecule has 8 fully saturated rings. The molecule has 0 amide bonds. The van der Waals surface area contributed by atoms with Crippen LogP contribution < -0.4 is 0 Å². The molecule has 344 valence electrons. The molecule has 0 aromatic heterocycles. The van der Waals surface area contributed by atoms with Crippen molar-refractivity contribution in [1.82, 2.24) is 0 Å². The van der Waals surface area contributed by atoms with Gasteiger partial charge in [0.1, 0.15) is 0 Å². The lowest BCUT2D eigenvalue weighted by molar-refractivity contribution is -0.203. The van der Waals surface area contributed by atoms with Crippen LogP contribution in [-0.2, 0) is 9.59 Å². The van der Waals surface area contributed by atoms with Crippen LogP contribution in [0.4, 0.5) is 0 Å². The van der Waals surface area contributed by atoms with Crippen LogP contribution in [0, 0.1) is 105 Å². The molecular formula is C52H88O8. The predicted octanol–water partition coefficient (Wildman–Crippen LogP) is 10.2. The maximum Gasteiger partial charge on any atom is 0.303 e. The fourth-order valence-corrected chi connectivity index (χ4v) is 19.0. The normalized spacial score (nSPS) is 51.5. The number of aliphatic carboxylic acids is 2. The van der Waals surface area contributed by atoms with E-state index in [9.17, 15) is 30.0 Å². The van der Waals surface area contributed by atoms with Gasteiger partial charge in [0.25, 0.3) is 0 Å². The summed E-state index contributed by atoms with van der Waals surface area (Å²) in [6.07, 6.45) is 18.5. The number of carboxylic acid groups (broad SMARTS) is 2. The van der Waals surface area contributed by atoms with Crippen molar-refractivity contribution in [1.29, 1.82) is 0 Å². The molecule has 0 bridgehead atoms. The van der Waals surface area contributed by atoms with E-state index in [-0.39, 0.29) is 58.9 Å². The van der Waals surface area contributed by atoms with Crippen molar-refractivity contribution in [2.75, 3.05) is 0 Å². The highest BCUT2D eigenvalue weighted by Gasteiger charge is 2.66. The Kier molecular flexibility index (Phi) is 13.7. The Bertz CT molecular complexity index is 1410. The van der Waals surface area contributed by atoms with E-state index in [1.54, 1.807) is 0 Å². The fourth-order valence-electron chi connectivity index (χ4n) is 19.0. The second kappa shape index (κ2) is 17.6. The van der Waals surface area contributed by atoms with Crippen molar-refractivity contribution in [3.8, 4) is 0 Å². The minimum absolute atomic E-state index is 0.194. The molecule has 22 atom stereocenters. The van der Waals surface area contributed by atoms with Gasteiger partial charge in [-0.15, -0.1) is 0 Å². The summed E-state index contributed by atoms with van der Waals surface area (Å²) in [7, 11) is 0. The van der Waals surface area contributed by atoms with E-state index in [4.69, 9.17) is 10.2 Å². The molecule has 8 heteroatoms. The molecule has 6 N–H and O–H groups in total. The van der Waals surface area contributed by atoms with E-state index >= 15 is 0 Å². The molecule has 8 aliphatic rings. The number of carbonyl (C=O) groups is 2. The van der Waals surface area contributed by atoms with Gasteiger partial charge in [0, 0.05) is 12.8 Å². The molecule has 8 nitrogen and oxygen atoms in total. The van der Waals surface area contributed by atoms with Crippen LogP contribution in [0.3, 0.4) is 0 Å². The van der Waals surface area contributed by atoms with E-state index < -0.39 is 11.9 Å². The van der Waals surface area contributed by atoms with Crippen LogP contribution in [-0.4, -0.2) is 67.0 Å². The van der Waals surface area contributed by atoms with Gasteiger partial charge in [0.2, 0.25) is 0 Å². The minimum Gasteiger partial charge on any atom is -0.481 e. The highest BCUT2D eigenvalue weighted by atomic mass is 16.4. The van der Waals surface area contributed by atoms with E-state index in [0.717, 1.165) is 64.2 Å². The van der Waals surface area contributed by atoms with E-state index in [2.05, 4.69) is 55.4 Å². The van der Waals surface area contributed by atoms with Crippen LogP contribution in [0.5, 0.6) is 0 Å². The van der Waals surface area contributed by atoms with Crippen LogP contribution in [0.25, 0.3) is 0 Å². The number of hydrogen-bond acceptors (Lipinski definition) is 6. The third kappa shape index (κ3) is 7.77. The van der Waals surface area contributed by atoms with Gasteiger partial charge in [0.05, 0.1) is 24.4 Å². The first kappa shape index (κ1) is 46.8. The monoisotopic (exact) mass is 841 g/mol. The van der Waals surface area contributed by atoms with Gasteiger partial charge >= 0.3 is 11.9 Å². The van der Waals surface area contributed by atoms with Crippen molar-refractivity contribution < 1.29 is 40.2 Å². The molecule has 60 heavy (non-hydrogen) atoms. The first-order valence-corrected chi connectivity index (χ1v) is 25.4. The Morgan fingerprint density at radius 1 is 0.500 bits per heavy atom. The zero-order chi connectivity index (χ0) is 43.7. The summed E-state index contributed by atoms with van der Waals surface area (Å²) in [5.41, 5.74) is 0.960. The van der Waals surface area contributed by atoms with Crippen LogP contribution in [0.1, 0.15) is 184 Å². The number of aliphatic hydroxyl groups is 4. The summed E-state index contributed by atoms with van der Waals surface area (Å²) in [6, 6.07) is 0. The van der Waals surface area contributed by atoms with Gasteiger partial charge in [-0.25, -0.2) is 0 Å². The van der Waals surface area contributed by atoms with Gasteiger partial charge in [-0.05, 0) is 207 Å². The number of carboxylic acids is 2. The molecule has 0 aromatic carbocycles. The Morgan fingerprint density at radius 2 is 0.833 bits per heavy atom. The number of rotatable bonds is 10. The molecule has 0 heterocycles. The summed E-state index contributed by atoms with van der Waals surface area (Å²) in [6.45, 7) is 18.9. The highest BCUT2D eigenvalue weighted by Crippen LogP contribution is 2.71. The van der Waals surface area contributed by atoms with Gasteiger partial charge in [0.15, 0.2) is 0 Å². The lowest BCUT2D eigenvalue weighted by atomic mass is 9.41. The number of hydrogen-bond donors (Lipinski definition) is 6. The lowest BCUT2D eigenvalue weighted by Crippen LogP contribution is -2.62. The van der Waals surface area contributed by atoms with Crippen molar-refractivity contribution in [3.63, 3.8) is 0 Å². The van der Waals surface area contributed by atoms with E-state index in [1.165, 1.54) is 51.4 Å². The Balaban J connectivity index is 0.000000181. The molecule has 0 radical (unpaired) electrons. The van der Waals surface area contributed by atoms with Gasteiger partial charge in [-0.1, -0.05) is 68.2 Å². The Morgan fingerprint density at radius 3 is 1.17 bits per heavy atom. The van der Waals surface area contributed by atoms with Gasteiger partial charge < -0.3 is 30.6 Å². The van der Waals surface area contributed by atoms with Crippen LogP contribution in [0.15, 0.2) is 0 Å². The number of fused-ring (bicyclic) bond motifs is 10. The molecule has 8 rings (SSSR count). The average molecular weight is 841 g/mol. The summed E-state index contributed by atoms with van der Waals surface area (Å²) < 4.78 is 0. The maximum absolute atomic E-state index is 11.7. The van der Waals surface area contributed by atoms with Crippen molar-refractivity contribution in [3.05, 3.63) is 0 Å². The average Bonchev–Trinajstić information content (AvgIpc) is 3.74. The topological polar surface area (TPSA) is 156 Å². The maximum atomic E-state index is 11.7. The third-order valence-electron chi connectivity index (χ3n) is 21.9. The molecule has 0 unspecified atom stereocenters. The first-order chi connectivity index (χ1) is 28.3. The van der Waals surface area contributed by atoms with E-state index in [0.29, 0.717) is 82.9 Å². The molecule has 8 saturated carbocycles. The molecule has 0 aromatic rings. The van der Waals surface area contributed by atoms with Crippen molar-refractivity contribution >= 4 is 11.9 Å². The Labute approximate surface area is 363 Å². The number of aliphatic hydroxyl groups excluding tert-OH is 4. The second-order valence-electron chi connectivity index (χ2n) is 24.1. The van der Waals surface area contributed by atoms with Crippen molar-refractivity contribution in [2.24, 2.45) is 105 Å². The molecule has 8 aliphatic carbocycles. The molecule has 0 saturated heterocycles. The van der Waals surface area contributed by atoms with Crippen LogP contribution >= 0.6 is 0 Å². The smallest absolute Gasteiger partial charge is 0.303 e. The fraction of sp³-hybridized carbons (Fsp3) is 0.962. The quantitative estimate of drug-likeness (QED) is 0.127. The van der Waals surface area contributed by atoms with Crippen LogP contribution in [0.2, 0.25) is 0 Å². The largest absolute Gasteiger partial charge is 0.481 e. The lowest BCUT2D eigenvalue weighted by Gasteiger charge is -2.64. The zero-order valence-electron chi connectivity index (χ0n) is 39.0. The summed E-state index contributed by atoms with van der Waals surface area (Å²) in [5, 5.41) is 62.5. The third-order valence-corrected chi connectivity index (χ3v) is 21.9. The summed E-state index contributed by atoms with van der Waals surface area (Å²) in [4.78, 5) is 22.2. The molecular weight excluding hydrogens is 753 g/mol.